The summed E-state index contributed by atoms with van der Waals surface area (Å²) in [4.78, 5) is 34.6. The molecule has 1 atom stereocenters. The quantitative estimate of drug-likeness (QED) is 0.157. The van der Waals surface area contributed by atoms with Crippen LogP contribution in [0, 0.1) is 0 Å². The van der Waals surface area contributed by atoms with Crippen LogP contribution in [0.5, 0.6) is 0 Å². The van der Waals surface area contributed by atoms with Crippen LogP contribution in [-0.2, 0) is 9.36 Å². The summed E-state index contributed by atoms with van der Waals surface area (Å²) in [6.07, 6.45) is 16.3. The average Bonchev–Trinajstić information content (AvgIpc) is 2.51. The van der Waals surface area contributed by atoms with Gasteiger partial charge in [0.25, 0.3) is 0 Å². The van der Waals surface area contributed by atoms with Crippen molar-refractivity contribution in [2.45, 2.75) is 109 Å². The fraction of sp³-hybridized carbons (Fsp3) is 0.944. The van der Waals surface area contributed by atoms with E-state index >= 15 is 0 Å². The van der Waals surface area contributed by atoms with E-state index in [1.807, 2.05) is 0 Å². The molecule has 0 aromatic carbocycles. The molecule has 0 aliphatic heterocycles. The first kappa shape index (κ1) is 32.8. The van der Waals surface area contributed by atoms with Crippen LogP contribution in [0.3, 0.4) is 0 Å². The Kier molecular flexibility index (Phi) is 28.4. The van der Waals surface area contributed by atoms with E-state index < -0.39 is 13.8 Å². The van der Waals surface area contributed by atoms with Crippen LogP contribution in [0.25, 0.3) is 0 Å². The number of hydrogen-bond donors (Lipinski definition) is 3. The predicted octanol–water partition coefficient (Wildman–Crippen LogP) is 2.73. The van der Waals surface area contributed by atoms with Gasteiger partial charge in [-0.1, -0.05) is 77.6 Å². The first-order valence-corrected chi connectivity index (χ1v) is 11.3. The van der Waals surface area contributed by atoms with Gasteiger partial charge < -0.3 is 29.5 Å². The largest absolute Gasteiger partial charge is 2.00 e. The molecular weight excluding hydrogens is 496 g/mol. The molecule has 158 valence electrons. The molecule has 0 saturated carbocycles. The van der Waals surface area contributed by atoms with E-state index in [1.165, 1.54) is 51.4 Å². The van der Waals surface area contributed by atoms with Crippen LogP contribution >= 0.6 is 7.82 Å². The molecule has 0 radical (unpaired) electrons. The zero-order chi connectivity index (χ0) is 20.3. The van der Waals surface area contributed by atoms with Crippen LogP contribution < -0.4 is 9.79 Å². The van der Waals surface area contributed by atoms with E-state index in [0.29, 0.717) is 6.42 Å². The van der Waals surface area contributed by atoms with Gasteiger partial charge in [0.2, 0.25) is 0 Å². The van der Waals surface area contributed by atoms with Gasteiger partial charge in [-0.2, -0.15) is 0 Å². The minimum atomic E-state index is -5.14. The van der Waals surface area contributed by atoms with Crippen LogP contribution in [0.15, 0.2) is 0 Å². The molecule has 0 bridgehead atoms. The fourth-order valence-corrected chi connectivity index (χ4v) is 2.67. The second-order valence-electron chi connectivity index (χ2n) is 6.73. The first-order chi connectivity index (χ1) is 12.2. The van der Waals surface area contributed by atoms with Gasteiger partial charge in [-0.15, -0.1) is 0 Å². The Bertz CT molecular complexity index is 355. The van der Waals surface area contributed by atoms with E-state index in [1.54, 1.807) is 0 Å². The molecule has 3 N–H and O–H groups in total. The topological polar surface area (TPSA) is 141 Å². The molecule has 0 aromatic heterocycles. The summed E-state index contributed by atoms with van der Waals surface area (Å²) < 4.78 is 8.66. The van der Waals surface area contributed by atoms with Gasteiger partial charge in [0.1, 0.15) is 0 Å². The van der Waals surface area contributed by atoms with E-state index in [2.05, 4.69) is 6.92 Å². The molecule has 7 nitrogen and oxygen atoms in total. The molecule has 9 heteroatoms. The van der Waals surface area contributed by atoms with Gasteiger partial charge in [-0.05, 0) is 19.3 Å². The summed E-state index contributed by atoms with van der Waals surface area (Å²) in [5, 5.41) is 18.4. The van der Waals surface area contributed by atoms with Crippen LogP contribution in [0.1, 0.15) is 103 Å². The maximum Gasteiger partial charge on any atom is 2.00 e. The number of aliphatic hydroxyl groups excluding tert-OH is 1. The van der Waals surface area contributed by atoms with E-state index in [4.69, 9.17) is 24.4 Å². The number of phosphoric acid groups is 1. The van der Waals surface area contributed by atoms with E-state index in [-0.39, 0.29) is 55.0 Å². The molecule has 0 fully saturated rings. The van der Waals surface area contributed by atoms with Crippen molar-refractivity contribution in [3.8, 4) is 0 Å². The second-order valence-corrected chi connectivity index (χ2v) is 7.67. The minimum Gasteiger partial charge on any atom is -0.790 e. The van der Waals surface area contributed by atoms with Crippen LogP contribution in [0.2, 0.25) is 0 Å². The summed E-state index contributed by atoms with van der Waals surface area (Å²) >= 11 is 0. The third-order valence-electron chi connectivity index (χ3n) is 4.07. The molecule has 0 spiro atoms. The Morgan fingerprint density at radius 1 is 0.852 bits per heavy atom. The van der Waals surface area contributed by atoms with Gasteiger partial charge in [0.05, 0.1) is 13.9 Å². The Balaban J connectivity index is -0.000000844. The van der Waals surface area contributed by atoms with Crippen molar-refractivity contribution in [1.29, 1.82) is 0 Å². The molecule has 0 heterocycles. The van der Waals surface area contributed by atoms with Crippen molar-refractivity contribution >= 4 is 62.7 Å². The predicted molar refractivity (Wildman–Crippen MR) is 104 cm³/mol. The smallest absolute Gasteiger partial charge is 0.790 e. The molecule has 27 heavy (non-hydrogen) atoms. The Morgan fingerprint density at radius 2 is 1.19 bits per heavy atom. The third kappa shape index (κ3) is 42.3. The van der Waals surface area contributed by atoms with Crippen molar-refractivity contribution in [2.75, 3.05) is 0 Å². The number of rotatable bonds is 16. The molecule has 0 aliphatic rings. The fourth-order valence-electron chi connectivity index (χ4n) is 2.67. The average molecular weight is 534 g/mol. The van der Waals surface area contributed by atoms with Crippen molar-refractivity contribution in [3.63, 3.8) is 0 Å². The monoisotopic (exact) mass is 534 g/mol. The zero-order valence-electron chi connectivity index (χ0n) is 16.8. The van der Waals surface area contributed by atoms with Gasteiger partial charge >= 0.3 is 54.9 Å². The molecule has 0 aliphatic carbocycles. The first-order valence-electron chi connectivity index (χ1n) is 9.81. The Labute approximate surface area is 204 Å². The summed E-state index contributed by atoms with van der Waals surface area (Å²) in [6, 6.07) is 0. The number of carboxylic acids is 1. The molecule has 0 aromatic rings. The van der Waals surface area contributed by atoms with Crippen molar-refractivity contribution in [3.05, 3.63) is 0 Å². The van der Waals surface area contributed by atoms with Gasteiger partial charge in [-0.25, -0.2) is 0 Å². The zero-order valence-corrected chi connectivity index (χ0v) is 22.1. The number of carbonyl (C=O) groups is 1. The van der Waals surface area contributed by atoms with Crippen molar-refractivity contribution in [2.24, 2.45) is 0 Å². The Morgan fingerprint density at radius 3 is 1.56 bits per heavy atom. The normalized spacial score (nSPS) is 11.9. The van der Waals surface area contributed by atoms with Gasteiger partial charge in [-0.3, -0.25) is 4.79 Å². The summed E-state index contributed by atoms with van der Waals surface area (Å²) in [7, 11) is -5.14. The summed E-state index contributed by atoms with van der Waals surface area (Å²) in [5.74, 6) is -0.678. The van der Waals surface area contributed by atoms with Gasteiger partial charge in [0, 0.05) is 6.42 Å². The molecule has 0 rings (SSSR count). The second kappa shape index (κ2) is 23.4. The maximum atomic E-state index is 10.3. The van der Waals surface area contributed by atoms with Crippen LogP contribution in [-0.4, -0.2) is 76.1 Å². The van der Waals surface area contributed by atoms with Gasteiger partial charge in [0.15, 0.2) is 0 Å². The van der Waals surface area contributed by atoms with E-state index in [0.717, 1.165) is 38.5 Å². The molecule has 0 saturated heterocycles. The SMILES string of the molecule is CCCCCCC(O)CCCCCCCCCCC(=O)O.O=P([O-])([O-])O.[Ba+2]. The standard InChI is InChI=1S/C18H36O3.Ba.H3O4P/c1-2-3-4-11-14-17(19)15-12-9-7-5-6-8-10-13-16-18(20)21;;1-5(2,3)4/h17,19H,2-16H2,1H3,(H,20,21);;(H3,1,2,3,4)/q;+2;/p-2. The Hall–Kier alpha value is 1.11. The van der Waals surface area contributed by atoms with E-state index in [9.17, 15) is 9.90 Å². The number of hydrogen-bond acceptors (Lipinski definition) is 5. The minimum absolute atomic E-state index is 0. The maximum absolute atomic E-state index is 10.3. The van der Waals surface area contributed by atoms with Crippen molar-refractivity contribution < 1.29 is 34.3 Å². The summed E-state index contributed by atoms with van der Waals surface area (Å²) in [5.41, 5.74) is 0. The number of aliphatic carboxylic acids is 1. The number of carboxylic acid groups (broad SMARTS) is 1. The number of aliphatic hydroxyl groups is 1. The van der Waals surface area contributed by atoms with Crippen LogP contribution in [0.4, 0.5) is 0 Å². The molecule has 1 unspecified atom stereocenters. The molecule has 0 amide bonds. The van der Waals surface area contributed by atoms with Crippen molar-refractivity contribution in [1.82, 2.24) is 0 Å². The summed E-state index contributed by atoms with van der Waals surface area (Å²) in [6.45, 7) is 2.21. The number of unbranched alkanes of at least 4 members (excludes halogenated alkanes) is 10. The third-order valence-corrected chi connectivity index (χ3v) is 4.07. The molecular formula is C18H37BaO7P.